The van der Waals surface area contributed by atoms with Gasteiger partial charge in [-0.2, -0.15) is 0 Å². The monoisotopic (exact) mass is 293 g/mol. The molecule has 0 bridgehead atoms. The summed E-state index contributed by atoms with van der Waals surface area (Å²) in [6.45, 7) is 2.19. The molecule has 1 aliphatic rings. The maximum atomic E-state index is 12.7. The Morgan fingerprint density at radius 1 is 1.29 bits per heavy atom. The van der Waals surface area contributed by atoms with Crippen molar-refractivity contribution in [3.8, 4) is 0 Å². The number of amides is 2. The Morgan fingerprint density at radius 2 is 2.05 bits per heavy atom. The molecule has 0 aliphatic carbocycles. The SMILES string of the molecule is O=C(CCCNC(=O)c1ccc(F)cc1)NC1CCNC1. The van der Waals surface area contributed by atoms with E-state index in [1.54, 1.807) is 0 Å². The Bertz CT molecular complexity index is 484. The van der Waals surface area contributed by atoms with E-state index in [4.69, 9.17) is 0 Å². The molecule has 1 unspecified atom stereocenters. The molecule has 2 amide bonds. The zero-order valence-corrected chi connectivity index (χ0v) is 11.8. The van der Waals surface area contributed by atoms with Gasteiger partial charge < -0.3 is 16.0 Å². The van der Waals surface area contributed by atoms with E-state index in [0.29, 0.717) is 24.9 Å². The first kappa shape index (κ1) is 15.4. The minimum atomic E-state index is -0.371. The number of halogens is 1. The maximum absolute atomic E-state index is 12.7. The summed E-state index contributed by atoms with van der Waals surface area (Å²) in [5.41, 5.74) is 0.415. The van der Waals surface area contributed by atoms with Crippen LogP contribution in [0.4, 0.5) is 4.39 Å². The lowest BCUT2D eigenvalue weighted by Gasteiger charge is -2.11. The largest absolute Gasteiger partial charge is 0.352 e. The predicted molar refractivity (Wildman–Crippen MR) is 77.4 cm³/mol. The molecule has 1 saturated heterocycles. The first-order valence-electron chi connectivity index (χ1n) is 7.19. The van der Waals surface area contributed by atoms with Crippen molar-refractivity contribution < 1.29 is 14.0 Å². The highest BCUT2D eigenvalue weighted by Gasteiger charge is 2.16. The summed E-state index contributed by atoms with van der Waals surface area (Å²) in [4.78, 5) is 23.4. The van der Waals surface area contributed by atoms with Crippen molar-refractivity contribution in [2.24, 2.45) is 0 Å². The van der Waals surface area contributed by atoms with Crippen molar-refractivity contribution in [2.75, 3.05) is 19.6 Å². The first-order chi connectivity index (χ1) is 10.1. The van der Waals surface area contributed by atoms with Gasteiger partial charge in [0.15, 0.2) is 0 Å². The van der Waals surface area contributed by atoms with E-state index in [1.807, 2.05) is 0 Å². The van der Waals surface area contributed by atoms with Gasteiger partial charge in [-0.1, -0.05) is 0 Å². The number of rotatable bonds is 6. The number of carbonyl (C=O) groups excluding carboxylic acids is 2. The molecule has 1 fully saturated rings. The molecule has 1 heterocycles. The Morgan fingerprint density at radius 3 is 2.71 bits per heavy atom. The van der Waals surface area contributed by atoms with Gasteiger partial charge in [0.1, 0.15) is 5.82 Å². The minimum Gasteiger partial charge on any atom is -0.352 e. The average Bonchev–Trinajstić information content (AvgIpc) is 2.97. The van der Waals surface area contributed by atoms with Gasteiger partial charge in [0, 0.05) is 31.1 Å². The molecule has 1 aromatic carbocycles. The van der Waals surface area contributed by atoms with Gasteiger partial charge in [0.05, 0.1) is 0 Å². The Balaban J connectivity index is 1.61. The van der Waals surface area contributed by atoms with E-state index in [9.17, 15) is 14.0 Å². The zero-order valence-electron chi connectivity index (χ0n) is 11.8. The third-order valence-corrected chi connectivity index (χ3v) is 3.40. The molecule has 3 N–H and O–H groups in total. The van der Waals surface area contributed by atoms with Crippen LogP contribution in [0.1, 0.15) is 29.6 Å². The predicted octanol–water partition coefficient (Wildman–Crippen LogP) is 0.814. The van der Waals surface area contributed by atoms with E-state index >= 15 is 0 Å². The van der Waals surface area contributed by atoms with Crippen molar-refractivity contribution in [2.45, 2.75) is 25.3 Å². The van der Waals surface area contributed by atoms with E-state index in [0.717, 1.165) is 19.5 Å². The van der Waals surface area contributed by atoms with Crippen LogP contribution >= 0.6 is 0 Å². The van der Waals surface area contributed by atoms with Crippen LogP contribution in [-0.4, -0.2) is 37.5 Å². The van der Waals surface area contributed by atoms with Crippen LogP contribution in [-0.2, 0) is 4.79 Å². The van der Waals surface area contributed by atoms with E-state index in [-0.39, 0.29) is 23.7 Å². The summed E-state index contributed by atoms with van der Waals surface area (Å²) in [6, 6.07) is 5.59. The van der Waals surface area contributed by atoms with Crippen molar-refractivity contribution in [1.29, 1.82) is 0 Å². The Kier molecular flexibility index (Phi) is 5.68. The summed E-state index contributed by atoms with van der Waals surface area (Å²) in [7, 11) is 0. The summed E-state index contributed by atoms with van der Waals surface area (Å²) in [5.74, 6) is -0.611. The van der Waals surface area contributed by atoms with Crippen LogP contribution in [0, 0.1) is 5.82 Å². The van der Waals surface area contributed by atoms with Gasteiger partial charge in [-0.3, -0.25) is 9.59 Å². The summed E-state index contributed by atoms with van der Waals surface area (Å²) in [6.07, 6.45) is 1.94. The molecule has 0 spiro atoms. The van der Waals surface area contributed by atoms with Gasteiger partial charge in [0.2, 0.25) is 5.91 Å². The smallest absolute Gasteiger partial charge is 0.251 e. The van der Waals surface area contributed by atoms with Crippen LogP contribution in [0.5, 0.6) is 0 Å². The molecule has 1 aliphatic heterocycles. The molecular formula is C15H20FN3O2. The molecule has 21 heavy (non-hydrogen) atoms. The van der Waals surface area contributed by atoms with Crippen LogP contribution in [0.15, 0.2) is 24.3 Å². The minimum absolute atomic E-state index is 0.0136. The molecule has 1 aromatic rings. The number of hydrogen-bond donors (Lipinski definition) is 3. The fraction of sp³-hybridized carbons (Fsp3) is 0.467. The first-order valence-corrected chi connectivity index (χ1v) is 7.19. The summed E-state index contributed by atoms with van der Waals surface area (Å²) in [5, 5.41) is 8.85. The van der Waals surface area contributed by atoms with Crippen LogP contribution in [0.3, 0.4) is 0 Å². The number of nitrogens with one attached hydrogen (secondary N) is 3. The normalized spacial score (nSPS) is 17.5. The van der Waals surface area contributed by atoms with Crippen molar-refractivity contribution >= 4 is 11.8 Å². The second kappa shape index (κ2) is 7.73. The number of hydrogen-bond acceptors (Lipinski definition) is 3. The number of benzene rings is 1. The lowest BCUT2D eigenvalue weighted by molar-refractivity contribution is -0.121. The molecule has 5 nitrogen and oxygen atoms in total. The van der Waals surface area contributed by atoms with E-state index in [1.165, 1.54) is 24.3 Å². The number of carbonyl (C=O) groups is 2. The summed E-state index contributed by atoms with van der Waals surface area (Å²) >= 11 is 0. The third-order valence-electron chi connectivity index (χ3n) is 3.40. The maximum Gasteiger partial charge on any atom is 0.251 e. The molecule has 0 saturated carbocycles. The van der Waals surface area contributed by atoms with Gasteiger partial charge in [0.25, 0.3) is 5.91 Å². The fourth-order valence-electron chi connectivity index (χ4n) is 2.23. The second-order valence-electron chi connectivity index (χ2n) is 5.12. The Hall–Kier alpha value is -1.95. The molecule has 1 atom stereocenters. The molecule has 6 heteroatoms. The standard InChI is InChI=1S/C15H20FN3O2/c16-12-5-3-11(4-6-12)15(21)18-8-1-2-14(20)19-13-7-9-17-10-13/h3-6,13,17H,1-2,7-10H2,(H,18,21)(H,19,20). The highest BCUT2D eigenvalue weighted by molar-refractivity contribution is 5.94. The highest BCUT2D eigenvalue weighted by Crippen LogP contribution is 2.03. The van der Waals surface area contributed by atoms with Gasteiger partial charge in [-0.15, -0.1) is 0 Å². The summed E-state index contributed by atoms with van der Waals surface area (Å²) < 4.78 is 12.7. The zero-order chi connectivity index (χ0) is 15.1. The molecular weight excluding hydrogens is 273 g/mol. The van der Waals surface area contributed by atoms with Gasteiger partial charge in [-0.25, -0.2) is 4.39 Å². The van der Waals surface area contributed by atoms with E-state index in [2.05, 4.69) is 16.0 Å². The van der Waals surface area contributed by atoms with Crippen molar-refractivity contribution in [3.63, 3.8) is 0 Å². The van der Waals surface area contributed by atoms with Crippen LogP contribution in [0.2, 0.25) is 0 Å². The average molecular weight is 293 g/mol. The topological polar surface area (TPSA) is 70.2 Å². The second-order valence-corrected chi connectivity index (χ2v) is 5.12. The molecule has 114 valence electrons. The molecule has 0 aromatic heterocycles. The third kappa shape index (κ3) is 5.15. The van der Waals surface area contributed by atoms with E-state index < -0.39 is 0 Å². The fourth-order valence-corrected chi connectivity index (χ4v) is 2.23. The quantitative estimate of drug-likeness (QED) is 0.680. The van der Waals surface area contributed by atoms with Crippen LogP contribution in [0.25, 0.3) is 0 Å². The van der Waals surface area contributed by atoms with Gasteiger partial charge >= 0.3 is 0 Å². The van der Waals surface area contributed by atoms with Crippen molar-refractivity contribution in [1.82, 2.24) is 16.0 Å². The van der Waals surface area contributed by atoms with Crippen LogP contribution < -0.4 is 16.0 Å². The van der Waals surface area contributed by atoms with Gasteiger partial charge in [-0.05, 0) is 43.7 Å². The highest BCUT2D eigenvalue weighted by atomic mass is 19.1. The van der Waals surface area contributed by atoms with Crippen molar-refractivity contribution in [3.05, 3.63) is 35.6 Å². The Labute approximate surface area is 123 Å². The lowest BCUT2D eigenvalue weighted by atomic mass is 10.2. The lowest BCUT2D eigenvalue weighted by Crippen LogP contribution is -2.36. The molecule has 2 rings (SSSR count). The molecule has 0 radical (unpaired) electrons.